The summed E-state index contributed by atoms with van der Waals surface area (Å²) < 4.78 is 53.5. The molecule has 7 nitrogen and oxygen atoms in total. The number of amides is 2. The predicted octanol–water partition coefficient (Wildman–Crippen LogP) is 5.91. The second-order valence-electron chi connectivity index (χ2n) is 11.6. The Bertz CT molecular complexity index is 1510. The number of nitrogens with one attached hydrogen (secondary N) is 1. The van der Waals surface area contributed by atoms with Crippen LogP contribution in [0, 0.1) is 18.6 Å². The maximum atomic E-state index is 14.0. The van der Waals surface area contributed by atoms with Crippen LogP contribution in [0.4, 0.5) is 14.5 Å². The van der Waals surface area contributed by atoms with Crippen LogP contribution >= 0.6 is 0 Å². The van der Waals surface area contributed by atoms with E-state index in [0.29, 0.717) is 6.42 Å². The van der Waals surface area contributed by atoms with E-state index >= 15 is 0 Å². The molecule has 0 saturated heterocycles. The topological polar surface area (TPSA) is 86.8 Å². The van der Waals surface area contributed by atoms with Gasteiger partial charge in [0.1, 0.15) is 6.04 Å². The first-order valence-electron chi connectivity index (χ1n) is 15.1. The van der Waals surface area contributed by atoms with Crippen molar-refractivity contribution in [1.29, 1.82) is 0 Å². The highest BCUT2D eigenvalue weighted by Crippen LogP contribution is 2.23. The third kappa shape index (κ3) is 9.35. The summed E-state index contributed by atoms with van der Waals surface area (Å²) in [5, 5.41) is 3.21. The van der Waals surface area contributed by atoms with Gasteiger partial charge in [-0.1, -0.05) is 79.4 Å². The minimum atomic E-state index is -3.85. The summed E-state index contributed by atoms with van der Waals surface area (Å²) in [4.78, 5) is 29.5. The highest BCUT2D eigenvalue weighted by atomic mass is 32.2. The molecule has 1 aliphatic rings. The van der Waals surface area contributed by atoms with Crippen LogP contribution in [-0.2, 0) is 32.6 Å². The smallest absolute Gasteiger partial charge is 0.243 e. The van der Waals surface area contributed by atoms with Crippen LogP contribution < -0.4 is 9.62 Å². The highest BCUT2D eigenvalue weighted by molar-refractivity contribution is 7.92. The van der Waals surface area contributed by atoms with Gasteiger partial charge in [-0.3, -0.25) is 13.9 Å². The van der Waals surface area contributed by atoms with Crippen molar-refractivity contribution >= 4 is 27.5 Å². The Morgan fingerprint density at radius 1 is 0.909 bits per heavy atom. The number of carbonyl (C=O) groups is 2. The van der Waals surface area contributed by atoms with Gasteiger partial charge in [0, 0.05) is 38.0 Å². The predicted molar refractivity (Wildman–Crippen MR) is 168 cm³/mol. The zero-order chi connectivity index (χ0) is 31.7. The number of carbonyl (C=O) groups excluding carboxylic acids is 2. The SMILES string of the molecule is Cc1ccc(CN(C(=O)CCCN(c2ccc(F)c(F)c2)S(C)(=O)=O)C(Cc2ccccc2)C(=O)NC2CCCCC2)cc1. The Hall–Kier alpha value is -3.79. The van der Waals surface area contributed by atoms with Gasteiger partial charge < -0.3 is 10.2 Å². The van der Waals surface area contributed by atoms with Crippen molar-refractivity contribution in [3.8, 4) is 0 Å². The summed E-state index contributed by atoms with van der Waals surface area (Å²) in [7, 11) is -3.85. The number of hydrogen-bond acceptors (Lipinski definition) is 4. The number of hydrogen-bond donors (Lipinski definition) is 1. The number of aryl methyl sites for hydroxylation is 1. The van der Waals surface area contributed by atoms with Gasteiger partial charge in [0.05, 0.1) is 11.9 Å². The third-order valence-electron chi connectivity index (χ3n) is 8.04. The number of halogens is 2. The van der Waals surface area contributed by atoms with E-state index in [-0.39, 0.29) is 49.5 Å². The van der Waals surface area contributed by atoms with E-state index in [1.54, 1.807) is 4.90 Å². The summed E-state index contributed by atoms with van der Waals surface area (Å²) in [6.07, 6.45) is 6.41. The van der Waals surface area contributed by atoms with E-state index < -0.39 is 27.7 Å². The van der Waals surface area contributed by atoms with Crippen LogP contribution in [0.3, 0.4) is 0 Å². The van der Waals surface area contributed by atoms with Gasteiger partial charge in [-0.2, -0.15) is 0 Å². The number of benzene rings is 3. The lowest BCUT2D eigenvalue weighted by molar-refractivity contribution is -0.141. The second kappa shape index (κ2) is 15.3. The monoisotopic (exact) mass is 625 g/mol. The molecule has 3 aromatic carbocycles. The molecule has 1 unspecified atom stereocenters. The molecule has 0 radical (unpaired) electrons. The van der Waals surface area contributed by atoms with Gasteiger partial charge in [0.2, 0.25) is 21.8 Å². The van der Waals surface area contributed by atoms with Gasteiger partial charge in [-0.15, -0.1) is 0 Å². The Morgan fingerprint density at radius 3 is 2.23 bits per heavy atom. The Kier molecular flexibility index (Phi) is 11.5. The van der Waals surface area contributed by atoms with Crippen LogP contribution in [0.1, 0.15) is 61.6 Å². The average Bonchev–Trinajstić information content (AvgIpc) is 3.00. The van der Waals surface area contributed by atoms with Crippen molar-refractivity contribution in [3.63, 3.8) is 0 Å². The van der Waals surface area contributed by atoms with E-state index in [2.05, 4.69) is 5.32 Å². The molecule has 0 aliphatic heterocycles. The van der Waals surface area contributed by atoms with Crippen LogP contribution in [0.25, 0.3) is 0 Å². The lowest BCUT2D eigenvalue weighted by Gasteiger charge is -2.34. The summed E-state index contributed by atoms with van der Waals surface area (Å²) in [5.74, 6) is -2.76. The summed E-state index contributed by atoms with van der Waals surface area (Å²) in [6.45, 7) is 2.06. The van der Waals surface area contributed by atoms with Crippen LogP contribution in [0.5, 0.6) is 0 Å². The lowest BCUT2D eigenvalue weighted by atomic mass is 9.94. The second-order valence-corrected chi connectivity index (χ2v) is 13.5. The first kappa shape index (κ1) is 33.1. The summed E-state index contributed by atoms with van der Waals surface area (Å²) in [5.41, 5.74) is 2.83. The number of sulfonamides is 1. The molecule has 1 atom stereocenters. The van der Waals surface area contributed by atoms with E-state index in [4.69, 9.17) is 0 Å². The molecule has 0 spiro atoms. The van der Waals surface area contributed by atoms with Crippen molar-refractivity contribution in [2.75, 3.05) is 17.1 Å². The van der Waals surface area contributed by atoms with Crippen molar-refractivity contribution < 1.29 is 26.8 Å². The Morgan fingerprint density at radius 2 is 1.59 bits per heavy atom. The molecular weight excluding hydrogens is 584 g/mol. The molecule has 0 bridgehead atoms. The van der Waals surface area contributed by atoms with Gasteiger partial charge >= 0.3 is 0 Å². The van der Waals surface area contributed by atoms with E-state index in [1.165, 1.54) is 6.07 Å². The average molecular weight is 626 g/mol. The molecule has 4 rings (SSSR count). The number of anilines is 1. The van der Waals surface area contributed by atoms with E-state index in [1.807, 2.05) is 61.5 Å². The minimum absolute atomic E-state index is 0.0239. The number of rotatable bonds is 13. The number of nitrogens with zero attached hydrogens (tertiary/aromatic N) is 2. The van der Waals surface area contributed by atoms with Gasteiger partial charge in [0.15, 0.2) is 11.6 Å². The fourth-order valence-electron chi connectivity index (χ4n) is 5.63. The third-order valence-corrected chi connectivity index (χ3v) is 9.23. The quantitative estimate of drug-likeness (QED) is 0.256. The van der Waals surface area contributed by atoms with Crippen LogP contribution in [0.2, 0.25) is 0 Å². The van der Waals surface area contributed by atoms with Gasteiger partial charge in [-0.25, -0.2) is 17.2 Å². The van der Waals surface area contributed by atoms with Gasteiger partial charge in [0.25, 0.3) is 0 Å². The van der Waals surface area contributed by atoms with Crippen LogP contribution in [0.15, 0.2) is 72.8 Å². The van der Waals surface area contributed by atoms with E-state index in [9.17, 15) is 26.8 Å². The molecule has 236 valence electrons. The van der Waals surface area contributed by atoms with Crippen LogP contribution in [-0.4, -0.2) is 50.0 Å². The largest absolute Gasteiger partial charge is 0.352 e. The molecular formula is C34H41F2N3O4S. The lowest BCUT2D eigenvalue weighted by Crippen LogP contribution is -2.52. The molecule has 10 heteroatoms. The molecule has 1 aliphatic carbocycles. The fourth-order valence-corrected chi connectivity index (χ4v) is 6.59. The molecule has 1 saturated carbocycles. The standard InChI is InChI=1S/C34H41F2N3O4S/c1-25-15-17-27(18-16-25)24-38(32(22-26-10-5-3-6-11-26)34(41)37-28-12-7-4-8-13-28)33(40)14-9-21-39(44(2,42)43)29-19-20-30(35)31(36)23-29/h3,5-6,10-11,15-20,23,28,32H,4,7-9,12-14,21-22,24H2,1-2H3,(H,37,41). The van der Waals surface area contributed by atoms with E-state index in [0.717, 1.165) is 71.5 Å². The maximum Gasteiger partial charge on any atom is 0.243 e. The van der Waals surface area contributed by atoms with Crippen molar-refractivity contribution in [1.82, 2.24) is 10.2 Å². The molecule has 0 aromatic heterocycles. The molecule has 1 N–H and O–H groups in total. The highest BCUT2D eigenvalue weighted by Gasteiger charge is 2.32. The summed E-state index contributed by atoms with van der Waals surface area (Å²) in [6, 6.07) is 19.5. The first-order chi connectivity index (χ1) is 21.0. The molecule has 1 fully saturated rings. The maximum absolute atomic E-state index is 14.0. The minimum Gasteiger partial charge on any atom is -0.352 e. The molecule has 0 heterocycles. The van der Waals surface area contributed by atoms with Gasteiger partial charge in [-0.05, 0) is 49.4 Å². The Balaban J connectivity index is 1.59. The fraction of sp³-hybridized carbons (Fsp3) is 0.412. The zero-order valence-corrected chi connectivity index (χ0v) is 26.2. The molecule has 44 heavy (non-hydrogen) atoms. The first-order valence-corrected chi connectivity index (χ1v) is 17.0. The molecule has 2 amide bonds. The van der Waals surface area contributed by atoms with Crippen molar-refractivity contribution in [2.45, 2.75) is 76.9 Å². The van der Waals surface area contributed by atoms with Crippen molar-refractivity contribution in [3.05, 3.63) is 101 Å². The zero-order valence-electron chi connectivity index (χ0n) is 25.3. The summed E-state index contributed by atoms with van der Waals surface area (Å²) >= 11 is 0. The molecule has 3 aromatic rings. The normalized spacial score (nSPS) is 14.5. The Labute approximate surface area is 259 Å². The van der Waals surface area contributed by atoms with Crippen molar-refractivity contribution in [2.24, 2.45) is 0 Å².